The van der Waals surface area contributed by atoms with E-state index in [1.54, 1.807) is 29.2 Å². The highest BCUT2D eigenvalue weighted by molar-refractivity contribution is 8.00. The van der Waals surface area contributed by atoms with E-state index < -0.39 is 5.25 Å². The summed E-state index contributed by atoms with van der Waals surface area (Å²) in [7, 11) is 0. The molecule has 5 aromatic rings. The third-order valence-corrected chi connectivity index (χ3v) is 8.34. The number of fused-ring (bicyclic) bond motifs is 1. The number of aryl methyl sites for hydroxylation is 1. The minimum absolute atomic E-state index is 0.105. The number of anilines is 1. The summed E-state index contributed by atoms with van der Waals surface area (Å²) >= 11 is 1.41. The molecule has 2 amide bonds. The molecular formula is C33H28FN5O2S. The summed E-state index contributed by atoms with van der Waals surface area (Å²) in [4.78, 5) is 32.7. The van der Waals surface area contributed by atoms with Gasteiger partial charge >= 0.3 is 0 Å². The number of benzene rings is 3. The van der Waals surface area contributed by atoms with Crippen LogP contribution in [0, 0.1) is 12.7 Å². The van der Waals surface area contributed by atoms with E-state index in [2.05, 4.69) is 10.3 Å². The number of carbonyl (C=O) groups excluding carboxylic acids is 2. The first-order chi connectivity index (χ1) is 20.5. The van der Waals surface area contributed by atoms with E-state index in [1.807, 2.05) is 73.7 Å². The fourth-order valence-corrected chi connectivity index (χ4v) is 6.22. The largest absolute Gasteiger partial charge is 0.350 e. The summed E-state index contributed by atoms with van der Waals surface area (Å²) < 4.78 is 16.3. The van der Waals surface area contributed by atoms with Gasteiger partial charge in [0.25, 0.3) is 0 Å². The molecule has 3 aromatic carbocycles. The molecule has 1 aliphatic heterocycles. The molecule has 1 aliphatic rings. The Kier molecular flexibility index (Phi) is 7.83. The second-order valence-electron chi connectivity index (χ2n) is 10.1. The lowest BCUT2D eigenvalue weighted by atomic mass is 9.99. The molecule has 7 nitrogen and oxygen atoms in total. The summed E-state index contributed by atoms with van der Waals surface area (Å²) in [6.07, 6.45) is 3.36. The smallest absolute Gasteiger partial charge is 0.240 e. The molecule has 0 saturated carbocycles. The third-order valence-electron chi connectivity index (χ3n) is 7.08. The standard InChI is InChI=1S/C33H28FN5O2S/c1-22-12-14-27(15-13-22)39-33-30(31(37-39)24-8-3-2-4-9-24)32(25-10-5-11-26(34)17-25)42-21-29(41)38(33)20-28(40)36-19-23-7-6-16-35-18-23/h2-18,32H,19-21H2,1H3,(H,36,40)/t32-/m0/s1. The van der Waals surface area contributed by atoms with Gasteiger partial charge in [0.05, 0.1) is 22.4 Å². The van der Waals surface area contributed by atoms with E-state index in [0.717, 1.165) is 33.5 Å². The Labute approximate surface area is 247 Å². The average molecular weight is 578 g/mol. The van der Waals surface area contributed by atoms with Crippen LogP contribution >= 0.6 is 11.8 Å². The highest BCUT2D eigenvalue weighted by Crippen LogP contribution is 2.48. The van der Waals surface area contributed by atoms with Crippen LogP contribution in [0.2, 0.25) is 0 Å². The number of aromatic nitrogens is 3. The molecule has 210 valence electrons. The van der Waals surface area contributed by atoms with E-state index in [0.29, 0.717) is 11.5 Å². The number of carbonyl (C=O) groups is 2. The van der Waals surface area contributed by atoms with Crippen LogP contribution in [0.5, 0.6) is 0 Å². The van der Waals surface area contributed by atoms with Gasteiger partial charge in [0.15, 0.2) is 0 Å². The van der Waals surface area contributed by atoms with E-state index in [-0.39, 0.29) is 36.5 Å². The maximum atomic E-state index is 14.5. The van der Waals surface area contributed by atoms with Gasteiger partial charge in [-0.25, -0.2) is 9.07 Å². The maximum Gasteiger partial charge on any atom is 0.240 e. The van der Waals surface area contributed by atoms with E-state index in [4.69, 9.17) is 5.10 Å². The van der Waals surface area contributed by atoms with Crippen molar-refractivity contribution >= 4 is 29.4 Å². The van der Waals surface area contributed by atoms with Gasteiger partial charge in [0.1, 0.15) is 18.2 Å². The zero-order valence-electron chi connectivity index (χ0n) is 22.9. The molecule has 2 aromatic heterocycles. The quantitative estimate of drug-likeness (QED) is 0.262. The summed E-state index contributed by atoms with van der Waals surface area (Å²) in [5.41, 5.74) is 5.68. The van der Waals surface area contributed by atoms with Gasteiger partial charge in [-0.3, -0.25) is 19.5 Å². The molecule has 0 bridgehead atoms. The van der Waals surface area contributed by atoms with Crippen molar-refractivity contribution in [1.29, 1.82) is 0 Å². The molecule has 0 fully saturated rings. The Morgan fingerprint density at radius 2 is 1.83 bits per heavy atom. The lowest BCUT2D eigenvalue weighted by molar-refractivity contribution is -0.123. The number of nitrogens with zero attached hydrogens (tertiary/aromatic N) is 4. The molecule has 0 saturated heterocycles. The number of amides is 2. The van der Waals surface area contributed by atoms with Crippen LogP contribution in [0.25, 0.3) is 16.9 Å². The van der Waals surface area contributed by atoms with Gasteiger partial charge in [-0.05, 0) is 48.4 Å². The Balaban J connectivity index is 1.52. The van der Waals surface area contributed by atoms with E-state index in [1.165, 1.54) is 28.8 Å². The topological polar surface area (TPSA) is 80.1 Å². The fraction of sp³-hybridized carbons (Fsp3) is 0.152. The number of halogens is 1. The first-order valence-corrected chi connectivity index (χ1v) is 14.6. The first-order valence-electron chi connectivity index (χ1n) is 13.6. The van der Waals surface area contributed by atoms with Crippen molar-refractivity contribution in [1.82, 2.24) is 20.1 Å². The lowest BCUT2D eigenvalue weighted by Crippen LogP contribution is -2.42. The third kappa shape index (κ3) is 5.69. The van der Waals surface area contributed by atoms with Gasteiger partial charge in [-0.1, -0.05) is 66.2 Å². The average Bonchev–Trinajstić information content (AvgIpc) is 3.33. The van der Waals surface area contributed by atoms with Crippen LogP contribution in [-0.2, 0) is 16.1 Å². The molecule has 1 N–H and O–H groups in total. The summed E-state index contributed by atoms with van der Waals surface area (Å²) in [6, 6.07) is 27.7. The molecule has 1 atom stereocenters. The van der Waals surface area contributed by atoms with Crippen molar-refractivity contribution in [3.8, 4) is 16.9 Å². The van der Waals surface area contributed by atoms with Crippen LogP contribution in [0.15, 0.2) is 103 Å². The molecule has 0 aliphatic carbocycles. The molecule has 9 heteroatoms. The van der Waals surface area contributed by atoms with Crippen LogP contribution in [0.1, 0.15) is 27.5 Å². The number of hydrogen-bond donors (Lipinski definition) is 1. The predicted molar refractivity (Wildman–Crippen MR) is 163 cm³/mol. The minimum atomic E-state index is -0.405. The number of rotatable bonds is 7. The van der Waals surface area contributed by atoms with Gasteiger partial charge in [-0.15, -0.1) is 11.8 Å². The maximum absolute atomic E-state index is 14.5. The summed E-state index contributed by atoms with van der Waals surface area (Å²) in [5, 5.41) is 7.57. The number of hydrogen-bond acceptors (Lipinski definition) is 5. The van der Waals surface area contributed by atoms with Crippen LogP contribution in [0.3, 0.4) is 0 Å². The minimum Gasteiger partial charge on any atom is -0.350 e. The molecule has 6 rings (SSSR count). The van der Waals surface area contributed by atoms with E-state index in [9.17, 15) is 14.0 Å². The molecule has 0 radical (unpaired) electrons. The Hall–Kier alpha value is -4.76. The first kappa shape index (κ1) is 27.4. The van der Waals surface area contributed by atoms with Crippen LogP contribution in [-0.4, -0.2) is 38.9 Å². The Morgan fingerprint density at radius 1 is 1.02 bits per heavy atom. The second kappa shape index (κ2) is 12.0. The van der Waals surface area contributed by atoms with Gasteiger partial charge in [-0.2, -0.15) is 5.10 Å². The zero-order valence-corrected chi connectivity index (χ0v) is 23.7. The zero-order chi connectivity index (χ0) is 29.1. The number of pyridine rings is 1. The summed E-state index contributed by atoms with van der Waals surface area (Å²) in [5.74, 6) is -0.300. The highest BCUT2D eigenvalue weighted by atomic mass is 32.2. The van der Waals surface area contributed by atoms with Crippen LogP contribution < -0.4 is 10.2 Å². The molecule has 42 heavy (non-hydrogen) atoms. The van der Waals surface area contributed by atoms with Crippen molar-refractivity contribution in [2.75, 3.05) is 17.2 Å². The van der Waals surface area contributed by atoms with Crippen molar-refractivity contribution in [3.05, 3.63) is 131 Å². The lowest BCUT2D eigenvalue weighted by Gasteiger charge is -2.23. The monoisotopic (exact) mass is 577 g/mol. The van der Waals surface area contributed by atoms with Crippen molar-refractivity contribution < 1.29 is 14.0 Å². The van der Waals surface area contributed by atoms with E-state index >= 15 is 0 Å². The SMILES string of the molecule is Cc1ccc(-n2nc(-c3ccccc3)c3c2N(CC(=O)NCc2cccnc2)C(=O)CS[C@H]3c2cccc(F)c2)cc1. The molecule has 0 spiro atoms. The van der Waals surface area contributed by atoms with Crippen molar-refractivity contribution in [2.24, 2.45) is 0 Å². The van der Waals surface area contributed by atoms with Crippen molar-refractivity contribution in [2.45, 2.75) is 18.7 Å². The fourth-order valence-electron chi connectivity index (χ4n) is 5.03. The number of thioether (sulfide) groups is 1. The molecule has 0 unspecified atom stereocenters. The summed E-state index contributed by atoms with van der Waals surface area (Å²) in [6.45, 7) is 2.09. The molecular weight excluding hydrogens is 549 g/mol. The Bertz CT molecular complexity index is 1730. The number of nitrogens with one attached hydrogen (secondary N) is 1. The van der Waals surface area contributed by atoms with Gasteiger partial charge in [0, 0.05) is 30.1 Å². The normalized spacial score (nSPS) is 14.8. The van der Waals surface area contributed by atoms with Gasteiger partial charge in [0.2, 0.25) is 11.8 Å². The van der Waals surface area contributed by atoms with Gasteiger partial charge < -0.3 is 5.32 Å². The van der Waals surface area contributed by atoms with Crippen LogP contribution in [0.4, 0.5) is 10.2 Å². The second-order valence-corrected chi connectivity index (χ2v) is 11.2. The Morgan fingerprint density at radius 3 is 2.57 bits per heavy atom. The molecule has 3 heterocycles. The highest BCUT2D eigenvalue weighted by Gasteiger charge is 2.37. The predicted octanol–water partition coefficient (Wildman–Crippen LogP) is 5.87. The van der Waals surface area contributed by atoms with Crippen molar-refractivity contribution in [3.63, 3.8) is 0 Å².